The lowest BCUT2D eigenvalue weighted by Gasteiger charge is -2.32. The van der Waals surface area contributed by atoms with Gasteiger partial charge in [-0.05, 0) is 42.0 Å². The van der Waals surface area contributed by atoms with E-state index in [2.05, 4.69) is 0 Å². The van der Waals surface area contributed by atoms with E-state index < -0.39 is 0 Å². The van der Waals surface area contributed by atoms with E-state index in [4.69, 9.17) is 9.47 Å². The van der Waals surface area contributed by atoms with Gasteiger partial charge in [0.25, 0.3) is 5.91 Å². The van der Waals surface area contributed by atoms with Gasteiger partial charge in [-0.3, -0.25) is 4.79 Å². The molecule has 1 amide bonds. The van der Waals surface area contributed by atoms with Gasteiger partial charge >= 0.3 is 0 Å². The number of amides is 1. The molecule has 1 aliphatic heterocycles. The lowest BCUT2D eigenvalue weighted by molar-refractivity contribution is -0.00663. The summed E-state index contributed by atoms with van der Waals surface area (Å²) in [6.07, 6.45) is 2.08. The van der Waals surface area contributed by atoms with E-state index in [1.165, 1.54) is 11.3 Å². The number of hydrogen-bond donors (Lipinski definition) is 0. The predicted molar refractivity (Wildman–Crippen MR) is 91.0 cm³/mol. The number of nitrogens with zero attached hydrogens (tertiary/aromatic N) is 1. The monoisotopic (exact) mass is 331 g/mol. The average molecular weight is 331 g/mol. The average Bonchev–Trinajstić information content (AvgIpc) is 3.14. The summed E-state index contributed by atoms with van der Waals surface area (Å²) in [5, 5.41) is 1.94. The quantitative estimate of drug-likeness (QED) is 0.840. The van der Waals surface area contributed by atoms with Crippen molar-refractivity contribution in [3.8, 4) is 5.75 Å². The number of hydrogen-bond acceptors (Lipinski definition) is 4. The number of thiophene rings is 1. The Balaban J connectivity index is 1.55. The van der Waals surface area contributed by atoms with Crippen molar-refractivity contribution in [2.75, 3.05) is 20.2 Å². The number of methoxy groups -OCH3 is 1. The number of piperidine rings is 1. The Kier molecular flexibility index (Phi) is 5.31. The molecule has 0 saturated carbocycles. The molecule has 1 saturated heterocycles. The molecule has 1 unspecified atom stereocenters. The zero-order chi connectivity index (χ0) is 16.1. The van der Waals surface area contributed by atoms with Crippen molar-refractivity contribution in [2.24, 2.45) is 0 Å². The van der Waals surface area contributed by atoms with Crippen LogP contribution in [0.3, 0.4) is 0 Å². The topological polar surface area (TPSA) is 38.8 Å². The molecule has 3 rings (SSSR count). The highest BCUT2D eigenvalue weighted by Gasteiger charge is 2.25. The van der Waals surface area contributed by atoms with Gasteiger partial charge in [-0.2, -0.15) is 0 Å². The van der Waals surface area contributed by atoms with Gasteiger partial charge in [0.15, 0.2) is 0 Å². The van der Waals surface area contributed by atoms with Crippen LogP contribution in [0, 0.1) is 0 Å². The second kappa shape index (κ2) is 7.62. The molecule has 2 heterocycles. The molecule has 0 aliphatic carbocycles. The maximum atomic E-state index is 12.4. The number of carbonyl (C=O) groups is 1. The first-order valence-corrected chi connectivity index (χ1v) is 8.71. The molecule has 4 nitrogen and oxygen atoms in total. The van der Waals surface area contributed by atoms with Crippen molar-refractivity contribution >= 4 is 17.2 Å². The zero-order valence-corrected chi connectivity index (χ0v) is 14.1. The van der Waals surface area contributed by atoms with Crippen molar-refractivity contribution in [2.45, 2.75) is 25.6 Å². The molecule has 1 aliphatic rings. The van der Waals surface area contributed by atoms with Crippen LogP contribution >= 0.6 is 11.3 Å². The number of likely N-dealkylation sites (tertiary alicyclic amines) is 1. The van der Waals surface area contributed by atoms with Crippen LogP contribution in [-0.2, 0) is 11.3 Å². The van der Waals surface area contributed by atoms with Gasteiger partial charge in [0.05, 0.1) is 24.7 Å². The second-order valence-corrected chi connectivity index (χ2v) is 6.60. The Morgan fingerprint density at radius 2 is 2.26 bits per heavy atom. The van der Waals surface area contributed by atoms with Gasteiger partial charge in [-0.1, -0.05) is 18.2 Å². The first-order chi connectivity index (χ1) is 11.3. The maximum absolute atomic E-state index is 12.4. The first kappa shape index (κ1) is 16.0. The maximum Gasteiger partial charge on any atom is 0.264 e. The Labute approximate surface area is 140 Å². The summed E-state index contributed by atoms with van der Waals surface area (Å²) < 4.78 is 11.2. The molecular formula is C18H21NO3S. The van der Waals surface area contributed by atoms with Crippen molar-refractivity contribution in [3.05, 3.63) is 52.2 Å². The Morgan fingerprint density at radius 3 is 3.04 bits per heavy atom. The molecule has 0 N–H and O–H groups in total. The molecular weight excluding hydrogens is 310 g/mol. The summed E-state index contributed by atoms with van der Waals surface area (Å²) in [5.41, 5.74) is 1.09. The van der Waals surface area contributed by atoms with Crippen molar-refractivity contribution < 1.29 is 14.3 Å². The van der Waals surface area contributed by atoms with E-state index in [9.17, 15) is 4.79 Å². The fourth-order valence-corrected chi connectivity index (χ4v) is 3.48. The predicted octanol–water partition coefficient (Wildman–Crippen LogP) is 3.58. The number of rotatable bonds is 5. The number of carbonyl (C=O) groups excluding carboxylic acids is 1. The Morgan fingerprint density at radius 1 is 1.35 bits per heavy atom. The number of benzene rings is 1. The van der Waals surface area contributed by atoms with Crippen LogP contribution in [-0.4, -0.2) is 37.1 Å². The van der Waals surface area contributed by atoms with Crippen LogP contribution in [0.1, 0.15) is 28.1 Å². The van der Waals surface area contributed by atoms with Crippen molar-refractivity contribution in [1.82, 2.24) is 4.90 Å². The molecule has 0 radical (unpaired) electrons. The molecule has 122 valence electrons. The first-order valence-electron chi connectivity index (χ1n) is 7.83. The summed E-state index contributed by atoms with van der Waals surface area (Å²) in [5.74, 6) is 0.957. The SMILES string of the molecule is COc1cccc(COC2CCCN(C(=O)c3cccs3)C2)c1. The van der Waals surface area contributed by atoms with Crippen LogP contribution < -0.4 is 4.74 Å². The van der Waals surface area contributed by atoms with Crippen LogP contribution in [0.25, 0.3) is 0 Å². The van der Waals surface area contributed by atoms with Gasteiger partial charge in [-0.15, -0.1) is 11.3 Å². The summed E-state index contributed by atoms with van der Waals surface area (Å²) in [4.78, 5) is 15.1. The zero-order valence-electron chi connectivity index (χ0n) is 13.2. The van der Waals surface area contributed by atoms with Gasteiger partial charge in [-0.25, -0.2) is 0 Å². The molecule has 0 bridgehead atoms. The molecule has 23 heavy (non-hydrogen) atoms. The normalized spacial score (nSPS) is 18.0. The highest BCUT2D eigenvalue weighted by molar-refractivity contribution is 7.12. The lowest BCUT2D eigenvalue weighted by atomic mass is 10.1. The third kappa shape index (κ3) is 4.12. The highest BCUT2D eigenvalue weighted by Crippen LogP contribution is 2.20. The molecule has 1 fully saturated rings. The third-order valence-corrected chi connectivity index (χ3v) is 4.88. The van der Waals surface area contributed by atoms with Gasteiger partial charge in [0.1, 0.15) is 5.75 Å². The highest BCUT2D eigenvalue weighted by atomic mass is 32.1. The Hall–Kier alpha value is -1.85. The molecule has 5 heteroatoms. The Bertz CT molecular complexity index is 641. The van der Waals surface area contributed by atoms with E-state index in [0.29, 0.717) is 13.2 Å². The number of ether oxygens (including phenoxy) is 2. The van der Waals surface area contributed by atoms with Crippen molar-refractivity contribution in [3.63, 3.8) is 0 Å². The molecule has 2 aromatic rings. The van der Waals surface area contributed by atoms with E-state index >= 15 is 0 Å². The second-order valence-electron chi connectivity index (χ2n) is 5.66. The van der Waals surface area contributed by atoms with Crippen LogP contribution in [0.4, 0.5) is 0 Å². The minimum Gasteiger partial charge on any atom is -0.497 e. The van der Waals surface area contributed by atoms with Crippen LogP contribution in [0.15, 0.2) is 41.8 Å². The van der Waals surface area contributed by atoms with Gasteiger partial charge in [0, 0.05) is 13.1 Å². The van der Waals surface area contributed by atoms with E-state index in [0.717, 1.165) is 35.6 Å². The summed E-state index contributed by atoms with van der Waals surface area (Å²) in [6, 6.07) is 11.7. The molecule has 1 aromatic heterocycles. The van der Waals surface area contributed by atoms with E-state index in [1.807, 2.05) is 46.7 Å². The molecule has 1 atom stereocenters. The molecule has 0 spiro atoms. The largest absolute Gasteiger partial charge is 0.497 e. The van der Waals surface area contributed by atoms with E-state index in [1.54, 1.807) is 7.11 Å². The van der Waals surface area contributed by atoms with Crippen LogP contribution in [0.5, 0.6) is 5.75 Å². The van der Waals surface area contributed by atoms with Gasteiger partial charge < -0.3 is 14.4 Å². The van der Waals surface area contributed by atoms with Crippen molar-refractivity contribution in [1.29, 1.82) is 0 Å². The van der Waals surface area contributed by atoms with E-state index in [-0.39, 0.29) is 12.0 Å². The standard InChI is InChI=1S/C18H21NO3S/c1-21-15-6-2-5-14(11-15)13-22-16-7-3-9-19(12-16)18(20)17-8-4-10-23-17/h2,4-6,8,10-11,16H,3,7,9,12-13H2,1H3. The van der Waals surface area contributed by atoms with Crippen LogP contribution in [0.2, 0.25) is 0 Å². The smallest absolute Gasteiger partial charge is 0.264 e. The minimum atomic E-state index is 0.0962. The lowest BCUT2D eigenvalue weighted by Crippen LogP contribution is -2.42. The minimum absolute atomic E-state index is 0.0962. The summed E-state index contributed by atoms with van der Waals surface area (Å²) in [7, 11) is 1.66. The molecule has 1 aromatic carbocycles. The fraction of sp³-hybridized carbons (Fsp3) is 0.389. The summed E-state index contributed by atoms with van der Waals surface area (Å²) in [6.45, 7) is 2.03. The fourth-order valence-electron chi connectivity index (χ4n) is 2.79. The van der Waals surface area contributed by atoms with Gasteiger partial charge in [0.2, 0.25) is 0 Å². The third-order valence-electron chi connectivity index (χ3n) is 4.02. The summed E-state index contributed by atoms with van der Waals surface area (Å²) >= 11 is 1.49.